The summed E-state index contributed by atoms with van der Waals surface area (Å²) < 4.78 is 18.4. The zero-order valence-electron chi connectivity index (χ0n) is 10.4. The molecule has 0 atom stereocenters. The van der Waals surface area contributed by atoms with Gasteiger partial charge in [0.05, 0.1) is 6.20 Å². The number of halogens is 1. The van der Waals surface area contributed by atoms with Crippen LogP contribution in [0.4, 0.5) is 4.39 Å². The number of aromatic nitrogens is 1. The lowest BCUT2D eigenvalue weighted by molar-refractivity contribution is 0.457. The van der Waals surface area contributed by atoms with Gasteiger partial charge in [-0.15, -0.1) is 0 Å². The normalized spacial score (nSPS) is 10.8. The first-order valence-electron chi connectivity index (χ1n) is 6.10. The van der Waals surface area contributed by atoms with Crippen molar-refractivity contribution in [3.8, 4) is 0 Å². The molecular weight excluding hydrogens is 231 g/mol. The predicted molar refractivity (Wildman–Crippen MR) is 68.0 cm³/mol. The topological polar surface area (TPSA) is 38.1 Å². The highest BCUT2D eigenvalue weighted by atomic mass is 19.1. The number of rotatable bonds is 6. The third-order valence-corrected chi connectivity index (χ3v) is 2.72. The van der Waals surface area contributed by atoms with Gasteiger partial charge in [0.15, 0.2) is 5.89 Å². The van der Waals surface area contributed by atoms with Gasteiger partial charge in [-0.1, -0.05) is 12.1 Å². The molecule has 2 rings (SSSR count). The summed E-state index contributed by atoms with van der Waals surface area (Å²) in [5.74, 6) is 1.36. The van der Waals surface area contributed by atoms with E-state index in [-0.39, 0.29) is 5.82 Å². The fraction of sp³-hybridized carbons (Fsp3) is 0.357. The van der Waals surface area contributed by atoms with E-state index in [0.29, 0.717) is 12.3 Å². The van der Waals surface area contributed by atoms with Crippen molar-refractivity contribution in [1.82, 2.24) is 10.3 Å². The van der Waals surface area contributed by atoms with Crippen molar-refractivity contribution < 1.29 is 8.81 Å². The molecule has 1 aromatic carbocycles. The molecule has 96 valence electrons. The Morgan fingerprint density at radius 3 is 2.78 bits per heavy atom. The van der Waals surface area contributed by atoms with Gasteiger partial charge in [0.1, 0.15) is 11.6 Å². The van der Waals surface area contributed by atoms with E-state index < -0.39 is 0 Å². The molecule has 3 nitrogen and oxygen atoms in total. The molecule has 1 aromatic heterocycles. The van der Waals surface area contributed by atoms with Crippen molar-refractivity contribution in [1.29, 1.82) is 0 Å². The first-order valence-corrected chi connectivity index (χ1v) is 6.10. The molecule has 0 aliphatic carbocycles. The minimum Gasteiger partial charge on any atom is -0.445 e. The molecule has 1 heterocycles. The second-order valence-electron chi connectivity index (χ2n) is 4.23. The maximum atomic E-state index is 12.8. The van der Waals surface area contributed by atoms with E-state index in [9.17, 15) is 4.39 Å². The van der Waals surface area contributed by atoms with E-state index in [4.69, 9.17) is 4.42 Å². The zero-order chi connectivity index (χ0) is 12.8. The summed E-state index contributed by atoms with van der Waals surface area (Å²) >= 11 is 0. The number of nitrogens with zero attached hydrogens (tertiary/aromatic N) is 1. The molecule has 18 heavy (non-hydrogen) atoms. The van der Waals surface area contributed by atoms with Gasteiger partial charge in [0, 0.05) is 12.8 Å². The second kappa shape index (κ2) is 6.31. The molecule has 0 fully saturated rings. The van der Waals surface area contributed by atoms with E-state index in [1.54, 1.807) is 18.3 Å². The highest BCUT2D eigenvalue weighted by Gasteiger charge is 2.05. The number of hydrogen-bond acceptors (Lipinski definition) is 3. The molecule has 0 bridgehead atoms. The summed E-state index contributed by atoms with van der Waals surface area (Å²) in [6.45, 7) is 0.966. The molecule has 0 radical (unpaired) electrons. The number of nitrogens with one attached hydrogen (secondary N) is 1. The average molecular weight is 248 g/mol. The monoisotopic (exact) mass is 248 g/mol. The van der Waals surface area contributed by atoms with Crippen molar-refractivity contribution in [2.45, 2.75) is 19.3 Å². The Labute approximate surface area is 106 Å². The van der Waals surface area contributed by atoms with Crippen molar-refractivity contribution in [2.75, 3.05) is 13.6 Å². The van der Waals surface area contributed by atoms with Crippen LogP contribution in [0.2, 0.25) is 0 Å². The van der Waals surface area contributed by atoms with Gasteiger partial charge in [-0.05, 0) is 37.7 Å². The van der Waals surface area contributed by atoms with Gasteiger partial charge in [0.25, 0.3) is 0 Å². The van der Waals surface area contributed by atoms with Crippen molar-refractivity contribution in [3.05, 3.63) is 53.5 Å². The Morgan fingerprint density at radius 2 is 2.06 bits per heavy atom. The van der Waals surface area contributed by atoms with Crippen molar-refractivity contribution in [2.24, 2.45) is 0 Å². The summed E-state index contributed by atoms with van der Waals surface area (Å²) in [5.41, 5.74) is 1.00. The fourth-order valence-corrected chi connectivity index (χ4v) is 1.76. The Hall–Kier alpha value is -1.68. The molecule has 0 saturated carbocycles. The molecule has 0 spiro atoms. The minimum atomic E-state index is -0.223. The first-order chi connectivity index (χ1) is 8.78. The van der Waals surface area contributed by atoms with E-state index >= 15 is 0 Å². The molecule has 0 aliphatic heterocycles. The fourth-order valence-electron chi connectivity index (χ4n) is 1.76. The minimum absolute atomic E-state index is 0.223. The lowest BCUT2D eigenvalue weighted by Crippen LogP contribution is -2.08. The van der Waals surface area contributed by atoms with Crippen LogP contribution in [0.15, 0.2) is 34.9 Å². The van der Waals surface area contributed by atoms with Crippen molar-refractivity contribution >= 4 is 0 Å². The second-order valence-corrected chi connectivity index (χ2v) is 4.23. The molecule has 0 aliphatic rings. The summed E-state index contributed by atoms with van der Waals surface area (Å²) in [6, 6.07) is 6.40. The molecular formula is C14H17FN2O. The maximum absolute atomic E-state index is 12.8. The molecule has 0 saturated heterocycles. The lowest BCUT2D eigenvalue weighted by Gasteiger charge is -1.98. The van der Waals surface area contributed by atoms with E-state index in [1.807, 2.05) is 7.05 Å². The van der Waals surface area contributed by atoms with Gasteiger partial charge >= 0.3 is 0 Å². The molecule has 1 N–H and O–H groups in total. The molecule has 0 unspecified atom stereocenters. The average Bonchev–Trinajstić information content (AvgIpc) is 2.80. The zero-order valence-corrected chi connectivity index (χ0v) is 10.4. The van der Waals surface area contributed by atoms with Crippen LogP contribution >= 0.6 is 0 Å². The number of hydrogen-bond donors (Lipinski definition) is 1. The Morgan fingerprint density at radius 1 is 1.28 bits per heavy atom. The van der Waals surface area contributed by atoms with Gasteiger partial charge in [-0.25, -0.2) is 9.37 Å². The predicted octanol–water partition coefficient (Wildman–Crippen LogP) is 2.56. The van der Waals surface area contributed by atoms with Crippen LogP contribution in [0, 0.1) is 5.82 Å². The van der Waals surface area contributed by atoms with E-state index in [1.165, 1.54) is 12.1 Å². The van der Waals surface area contributed by atoms with Gasteiger partial charge in [-0.3, -0.25) is 0 Å². The lowest BCUT2D eigenvalue weighted by atomic mass is 10.1. The largest absolute Gasteiger partial charge is 0.445 e. The molecule has 2 aromatic rings. The van der Waals surface area contributed by atoms with Gasteiger partial charge < -0.3 is 9.73 Å². The number of aryl methyl sites for hydroxylation is 1. The summed E-state index contributed by atoms with van der Waals surface area (Å²) in [7, 11) is 1.93. The summed E-state index contributed by atoms with van der Waals surface area (Å²) in [5, 5.41) is 3.09. The third-order valence-electron chi connectivity index (χ3n) is 2.72. The third kappa shape index (κ3) is 3.67. The van der Waals surface area contributed by atoms with Crippen LogP contribution in [0.5, 0.6) is 0 Å². The van der Waals surface area contributed by atoms with Crippen LogP contribution in [0.1, 0.15) is 23.6 Å². The quantitative estimate of drug-likeness (QED) is 0.798. The Balaban J connectivity index is 1.91. The summed E-state index contributed by atoms with van der Waals surface area (Å²) in [4.78, 5) is 4.23. The number of oxazole rings is 1. The van der Waals surface area contributed by atoms with Crippen LogP contribution in [0.25, 0.3) is 0 Å². The maximum Gasteiger partial charge on any atom is 0.198 e. The number of benzene rings is 1. The van der Waals surface area contributed by atoms with Crippen LogP contribution in [-0.2, 0) is 12.8 Å². The van der Waals surface area contributed by atoms with E-state index in [0.717, 1.165) is 30.7 Å². The molecule has 4 heteroatoms. The first kappa shape index (κ1) is 12.8. The standard InChI is InChI=1S/C14H17FN2O/c1-16-8-2-3-13-10-17-14(18-13)9-11-4-6-12(15)7-5-11/h4-7,10,16H,2-3,8-9H2,1H3. The highest BCUT2D eigenvalue weighted by Crippen LogP contribution is 2.12. The van der Waals surface area contributed by atoms with Crippen LogP contribution in [-0.4, -0.2) is 18.6 Å². The molecule has 0 amide bonds. The van der Waals surface area contributed by atoms with E-state index in [2.05, 4.69) is 10.3 Å². The SMILES string of the molecule is CNCCCc1cnc(Cc2ccc(F)cc2)o1. The van der Waals surface area contributed by atoms with Crippen LogP contribution in [0.3, 0.4) is 0 Å². The van der Waals surface area contributed by atoms with Gasteiger partial charge in [0.2, 0.25) is 0 Å². The Bertz CT molecular complexity index is 479. The van der Waals surface area contributed by atoms with Gasteiger partial charge in [-0.2, -0.15) is 0 Å². The van der Waals surface area contributed by atoms with Crippen molar-refractivity contribution in [3.63, 3.8) is 0 Å². The summed E-state index contributed by atoms with van der Waals surface area (Å²) in [6.07, 6.45) is 4.29. The van der Waals surface area contributed by atoms with Crippen LogP contribution < -0.4 is 5.32 Å². The smallest absolute Gasteiger partial charge is 0.198 e. The Kier molecular flexibility index (Phi) is 4.47. The highest BCUT2D eigenvalue weighted by molar-refractivity contribution is 5.19.